The highest BCUT2D eigenvalue weighted by molar-refractivity contribution is 4.78. The maximum Gasteiger partial charge on any atom is 0.0667 e. The summed E-state index contributed by atoms with van der Waals surface area (Å²) in [5.41, 5.74) is 0. The number of piperazine rings is 1. The van der Waals surface area contributed by atoms with Crippen LogP contribution >= 0.6 is 0 Å². The third-order valence-corrected chi connectivity index (χ3v) is 19.3. The minimum absolute atomic E-state index is 0.189. The van der Waals surface area contributed by atoms with Gasteiger partial charge in [-0.1, -0.05) is 326 Å². The molecule has 1 aliphatic heterocycles. The Hall–Kier alpha value is -0.240. The van der Waals surface area contributed by atoms with Gasteiger partial charge in [0.2, 0.25) is 0 Å². The lowest BCUT2D eigenvalue weighted by molar-refractivity contribution is 0.0730. The van der Waals surface area contributed by atoms with Crippen LogP contribution in [0.1, 0.15) is 358 Å². The van der Waals surface area contributed by atoms with Crippen LogP contribution in [0.4, 0.5) is 0 Å². The lowest BCUT2D eigenvalue weighted by Crippen LogP contribution is -2.51. The van der Waals surface area contributed by atoms with Gasteiger partial charge in [-0.25, -0.2) is 0 Å². The van der Waals surface area contributed by atoms with E-state index in [9.17, 15) is 5.11 Å². The molecule has 1 N–H and O–H groups in total. The summed E-state index contributed by atoms with van der Waals surface area (Å²) in [6.45, 7) is 39.7. The van der Waals surface area contributed by atoms with Gasteiger partial charge in [0, 0.05) is 98.2 Å². The summed E-state index contributed by atoms with van der Waals surface area (Å²) in [7, 11) is 0. The number of aliphatic hydroxyl groups is 1. The summed E-state index contributed by atoms with van der Waals surface area (Å²) >= 11 is 0. The van der Waals surface area contributed by atoms with Crippen molar-refractivity contribution < 1.29 is 5.11 Å². The second kappa shape index (κ2) is 60.1. The van der Waals surface area contributed by atoms with E-state index in [-0.39, 0.29) is 6.10 Å². The molecule has 0 spiro atoms. The molecule has 0 amide bonds. The zero-order valence-electron chi connectivity index (χ0n) is 57.7. The van der Waals surface area contributed by atoms with Gasteiger partial charge in [-0.2, -0.15) is 0 Å². The fourth-order valence-corrected chi connectivity index (χ4v) is 13.6. The topological polar surface area (TPSA) is 36.4 Å². The Balaban J connectivity index is 2.95. The Morgan fingerprint density at radius 3 is 0.753 bits per heavy atom. The Morgan fingerprint density at radius 1 is 0.259 bits per heavy atom. The Kier molecular flexibility index (Phi) is 58.4. The number of rotatable bonds is 65. The molecule has 0 radical (unpaired) electrons. The van der Waals surface area contributed by atoms with E-state index in [0.717, 1.165) is 50.4 Å². The van der Waals surface area contributed by atoms with Crippen molar-refractivity contribution in [2.45, 2.75) is 364 Å². The van der Waals surface area contributed by atoms with Crippen molar-refractivity contribution in [3.05, 3.63) is 0 Å². The Bertz CT molecular complexity index is 1160. The lowest BCUT2D eigenvalue weighted by atomic mass is 9.98. The molecule has 486 valence electrons. The zero-order valence-corrected chi connectivity index (χ0v) is 57.7. The van der Waals surface area contributed by atoms with Crippen LogP contribution in [0.25, 0.3) is 0 Å². The van der Waals surface area contributed by atoms with Gasteiger partial charge in [0.25, 0.3) is 0 Å². The number of nitrogens with zero attached hydrogens (tertiary/aromatic N) is 5. The first-order chi connectivity index (χ1) is 39.6. The summed E-state index contributed by atoms with van der Waals surface area (Å²) in [4.78, 5) is 14.2. The van der Waals surface area contributed by atoms with Gasteiger partial charge in [0.15, 0.2) is 0 Å². The maximum atomic E-state index is 11.4. The first-order valence-corrected chi connectivity index (χ1v) is 37.9. The first kappa shape index (κ1) is 78.8. The smallest absolute Gasteiger partial charge is 0.0667 e. The minimum Gasteiger partial charge on any atom is -0.392 e. The molecule has 5 unspecified atom stereocenters. The molecule has 0 aromatic carbocycles. The van der Waals surface area contributed by atoms with Gasteiger partial charge < -0.3 is 14.9 Å². The molecule has 0 bridgehead atoms. The molecule has 0 aliphatic carbocycles. The lowest BCUT2D eigenvalue weighted by Gasteiger charge is -2.38. The highest BCUT2D eigenvalue weighted by Gasteiger charge is 2.22. The average molecular weight is 1140 g/mol. The van der Waals surface area contributed by atoms with E-state index in [1.807, 2.05) is 0 Å². The minimum atomic E-state index is -0.189. The van der Waals surface area contributed by atoms with Crippen LogP contribution in [0.3, 0.4) is 0 Å². The Morgan fingerprint density at radius 2 is 0.469 bits per heavy atom. The third kappa shape index (κ3) is 52.6. The van der Waals surface area contributed by atoms with E-state index < -0.39 is 0 Å². The Labute approximate surface area is 512 Å². The zero-order chi connectivity index (χ0) is 58.9. The summed E-state index contributed by atoms with van der Waals surface area (Å²) in [5, 5.41) is 11.4. The van der Waals surface area contributed by atoms with E-state index in [1.54, 1.807) is 0 Å². The summed E-state index contributed by atoms with van der Waals surface area (Å²) < 4.78 is 0. The van der Waals surface area contributed by atoms with E-state index >= 15 is 0 Å². The van der Waals surface area contributed by atoms with Crippen molar-refractivity contribution in [1.82, 2.24) is 24.5 Å². The molecule has 81 heavy (non-hydrogen) atoms. The molecular formula is C75H155N5O. The largest absolute Gasteiger partial charge is 0.392 e. The van der Waals surface area contributed by atoms with Crippen molar-refractivity contribution in [3.8, 4) is 0 Å². The summed E-state index contributed by atoms with van der Waals surface area (Å²) in [5.74, 6) is 3.05. The second-order valence-electron chi connectivity index (χ2n) is 28.2. The number of aliphatic hydroxyl groups excluding tert-OH is 1. The van der Waals surface area contributed by atoms with E-state index in [2.05, 4.69) is 86.8 Å². The summed E-state index contributed by atoms with van der Waals surface area (Å²) in [6, 6.07) is 0. The fraction of sp³-hybridized carbons (Fsp3) is 1.00. The molecule has 1 heterocycles. The van der Waals surface area contributed by atoms with Gasteiger partial charge in [-0.3, -0.25) is 14.7 Å². The van der Waals surface area contributed by atoms with Crippen molar-refractivity contribution in [1.29, 1.82) is 0 Å². The standard InChI is InChI=1S/C75H155N5O/c1-10-15-20-25-30-35-39-44-46-51-71(6)66-78(63-65-79(67-72(7)52-47-41-36-31-26-21-16-11-2)68-73(8)53-48-42-37-32-27-22-17-12-3)62-60-76-56-58-77(59-57-76)61-64-80(69-74(9)54-49-43-38-33-28-23-18-13-4)70-75(81)55-50-45-40-34-29-24-19-14-5/h71-75,81H,10-70H2,1-9H3. The number of hydrogen-bond acceptors (Lipinski definition) is 6. The van der Waals surface area contributed by atoms with Crippen LogP contribution < -0.4 is 0 Å². The molecule has 1 aliphatic rings. The highest BCUT2D eigenvalue weighted by Crippen LogP contribution is 2.21. The predicted molar refractivity (Wildman–Crippen MR) is 366 cm³/mol. The number of hydrogen-bond donors (Lipinski definition) is 1. The van der Waals surface area contributed by atoms with Crippen molar-refractivity contribution in [2.24, 2.45) is 23.7 Å². The van der Waals surface area contributed by atoms with Gasteiger partial charge in [-0.15, -0.1) is 0 Å². The van der Waals surface area contributed by atoms with Crippen LogP contribution in [0.2, 0.25) is 0 Å². The third-order valence-electron chi connectivity index (χ3n) is 19.3. The number of unbranched alkanes of at least 4 members (excludes halogenated alkanes) is 36. The van der Waals surface area contributed by atoms with Crippen LogP contribution in [-0.2, 0) is 0 Å². The molecule has 6 nitrogen and oxygen atoms in total. The molecule has 1 rings (SSSR count). The highest BCUT2D eigenvalue weighted by atomic mass is 16.3. The molecule has 5 atom stereocenters. The molecule has 6 heteroatoms. The van der Waals surface area contributed by atoms with Gasteiger partial charge in [-0.05, 0) is 55.8 Å². The second-order valence-corrected chi connectivity index (χ2v) is 28.2. The normalized spacial score (nSPS) is 15.7. The van der Waals surface area contributed by atoms with Crippen molar-refractivity contribution in [2.75, 3.05) is 98.2 Å². The quantitative estimate of drug-likeness (QED) is 0.0612. The monoisotopic (exact) mass is 1140 g/mol. The van der Waals surface area contributed by atoms with Gasteiger partial charge in [0.05, 0.1) is 6.10 Å². The van der Waals surface area contributed by atoms with E-state index in [4.69, 9.17) is 0 Å². The molecule has 0 saturated carbocycles. The first-order valence-electron chi connectivity index (χ1n) is 37.9. The maximum absolute atomic E-state index is 11.4. The molecular weight excluding hydrogens is 987 g/mol. The van der Waals surface area contributed by atoms with Crippen molar-refractivity contribution in [3.63, 3.8) is 0 Å². The van der Waals surface area contributed by atoms with E-state index in [1.165, 1.54) is 361 Å². The molecule has 0 aromatic rings. The SMILES string of the molecule is CCCCCCCCCCCC(C)CN(CCN1CCN(CCN(CC(C)CCCCCCCCCC)CC(O)CCCCCCCCCC)CC1)CCN(CC(C)CCCCCCCCCC)CC(C)CCCCCCCCCC. The van der Waals surface area contributed by atoms with Crippen LogP contribution in [0.5, 0.6) is 0 Å². The molecule has 0 aromatic heterocycles. The fourth-order valence-electron chi connectivity index (χ4n) is 13.6. The average Bonchev–Trinajstić information content (AvgIpc) is 3.46. The van der Waals surface area contributed by atoms with E-state index in [0.29, 0.717) is 5.92 Å². The van der Waals surface area contributed by atoms with Gasteiger partial charge in [0.1, 0.15) is 0 Å². The van der Waals surface area contributed by atoms with Gasteiger partial charge >= 0.3 is 0 Å². The van der Waals surface area contributed by atoms with Crippen molar-refractivity contribution >= 4 is 0 Å². The molecule has 1 saturated heterocycles. The van der Waals surface area contributed by atoms with Crippen LogP contribution in [0, 0.1) is 23.7 Å². The summed E-state index contributed by atoms with van der Waals surface area (Å²) in [6.07, 6.45) is 63.9. The van der Waals surface area contributed by atoms with Crippen LogP contribution in [0.15, 0.2) is 0 Å². The van der Waals surface area contributed by atoms with Crippen LogP contribution in [-0.4, -0.2) is 134 Å². The predicted octanol–water partition coefficient (Wildman–Crippen LogP) is 21.5. The molecule has 1 fully saturated rings.